The van der Waals surface area contributed by atoms with Crippen LogP contribution in [0.5, 0.6) is 0 Å². The topological polar surface area (TPSA) is 142 Å². The minimum atomic E-state index is -1.15. The molecule has 29 heavy (non-hydrogen) atoms. The number of carbonyl (C=O) groups excluding carboxylic acids is 3. The Morgan fingerprint density at radius 3 is 2.45 bits per heavy atom. The minimum absolute atomic E-state index is 0.0567. The lowest BCUT2D eigenvalue weighted by molar-refractivity contribution is -0.144. The molecule has 1 aliphatic rings. The van der Waals surface area contributed by atoms with Gasteiger partial charge in [-0.3, -0.25) is 14.4 Å². The number of rotatable bonds is 9. The Labute approximate surface area is 174 Å². The zero-order valence-electron chi connectivity index (χ0n) is 15.9. The van der Waals surface area contributed by atoms with Gasteiger partial charge in [0.1, 0.15) is 18.1 Å². The van der Waals surface area contributed by atoms with Crippen molar-refractivity contribution in [2.24, 2.45) is 5.73 Å². The standard InChI is InChI=1S/C19H26N4O5S/c20-10-16(24)21-14(11-29)18(26)23-8-4-7-15(23)17(25)22-13(19(27)28)9-12-5-2-1-3-6-12/h1-3,5-6,13-15,29H,4,7-11,20H2,(H,21,24)(H,22,25)(H,27,28). The third-order valence-corrected chi connectivity index (χ3v) is 5.10. The predicted molar refractivity (Wildman–Crippen MR) is 109 cm³/mol. The highest BCUT2D eigenvalue weighted by atomic mass is 32.1. The van der Waals surface area contributed by atoms with Gasteiger partial charge in [0.25, 0.3) is 0 Å². The van der Waals surface area contributed by atoms with Crippen molar-refractivity contribution >= 4 is 36.3 Å². The predicted octanol–water partition coefficient (Wildman–Crippen LogP) is -0.837. The van der Waals surface area contributed by atoms with Crippen LogP contribution in [0.1, 0.15) is 18.4 Å². The molecule has 0 spiro atoms. The van der Waals surface area contributed by atoms with E-state index < -0.39 is 41.8 Å². The molecule has 1 saturated heterocycles. The lowest BCUT2D eigenvalue weighted by Crippen LogP contribution is -2.56. The van der Waals surface area contributed by atoms with Crippen LogP contribution in [0.2, 0.25) is 0 Å². The Bertz CT molecular complexity index is 745. The second-order valence-electron chi connectivity index (χ2n) is 6.79. The van der Waals surface area contributed by atoms with Crippen LogP contribution in [0.25, 0.3) is 0 Å². The van der Waals surface area contributed by atoms with Gasteiger partial charge in [0.15, 0.2) is 0 Å². The summed E-state index contributed by atoms with van der Waals surface area (Å²) < 4.78 is 0. The summed E-state index contributed by atoms with van der Waals surface area (Å²) in [6.07, 6.45) is 1.15. The van der Waals surface area contributed by atoms with Gasteiger partial charge in [0.05, 0.1) is 6.54 Å². The first-order chi connectivity index (χ1) is 13.9. The van der Waals surface area contributed by atoms with Crippen LogP contribution in [-0.4, -0.2) is 70.7 Å². The number of carbonyl (C=O) groups is 4. The highest BCUT2D eigenvalue weighted by Crippen LogP contribution is 2.19. The van der Waals surface area contributed by atoms with Crippen LogP contribution < -0.4 is 16.4 Å². The van der Waals surface area contributed by atoms with Crippen molar-refractivity contribution in [3.63, 3.8) is 0 Å². The molecule has 1 heterocycles. The molecule has 0 saturated carbocycles. The van der Waals surface area contributed by atoms with Gasteiger partial charge in [-0.15, -0.1) is 0 Å². The van der Waals surface area contributed by atoms with E-state index in [-0.39, 0.29) is 18.7 Å². The van der Waals surface area contributed by atoms with E-state index in [2.05, 4.69) is 23.3 Å². The molecule has 158 valence electrons. The summed E-state index contributed by atoms with van der Waals surface area (Å²) in [4.78, 5) is 50.0. The molecule has 9 nitrogen and oxygen atoms in total. The van der Waals surface area contributed by atoms with Crippen LogP contribution in [0.3, 0.4) is 0 Å². The molecule has 0 aliphatic carbocycles. The van der Waals surface area contributed by atoms with Gasteiger partial charge in [-0.25, -0.2) is 4.79 Å². The van der Waals surface area contributed by atoms with Crippen molar-refractivity contribution in [2.75, 3.05) is 18.8 Å². The van der Waals surface area contributed by atoms with Crippen molar-refractivity contribution < 1.29 is 24.3 Å². The van der Waals surface area contributed by atoms with Gasteiger partial charge in [0.2, 0.25) is 17.7 Å². The molecule has 3 unspecified atom stereocenters. The van der Waals surface area contributed by atoms with Gasteiger partial charge in [0, 0.05) is 18.7 Å². The molecule has 3 atom stereocenters. The molecule has 1 aromatic rings. The first-order valence-corrected chi connectivity index (χ1v) is 9.98. The number of carboxylic acids is 1. The molecular weight excluding hydrogens is 396 g/mol. The van der Waals surface area contributed by atoms with E-state index in [0.717, 1.165) is 5.56 Å². The number of hydrogen-bond donors (Lipinski definition) is 5. The number of aliphatic carboxylic acids is 1. The molecule has 1 aliphatic heterocycles. The second-order valence-corrected chi connectivity index (χ2v) is 7.15. The van der Waals surface area contributed by atoms with E-state index in [1.807, 2.05) is 6.07 Å². The Hall–Kier alpha value is -2.59. The summed E-state index contributed by atoms with van der Waals surface area (Å²) in [6, 6.07) is 6.16. The lowest BCUT2D eigenvalue weighted by atomic mass is 10.1. The van der Waals surface area contributed by atoms with Crippen molar-refractivity contribution in [3.8, 4) is 0 Å². The number of likely N-dealkylation sites (tertiary alicyclic amines) is 1. The van der Waals surface area contributed by atoms with E-state index in [4.69, 9.17) is 5.73 Å². The molecule has 2 rings (SSSR count). The number of nitrogens with zero attached hydrogens (tertiary/aromatic N) is 1. The van der Waals surface area contributed by atoms with E-state index >= 15 is 0 Å². The van der Waals surface area contributed by atoms with Crippen molar-refractivity contribution in [1.29, 1.82) is 0 Å². The lowest BCUT2D eigenvalue weighted by Gasteiger charge is -2.29. The largest absolute Gasteiger partial charge is 0.480 e. The fourth-order valence-electron chi connectivity index (χ4n) is 3.26. The molecule has 1 aromatic carbocycles. The number of amides is 3. The number of thiol groups is 1. The molecule has 3 amide bonds. The zero-order valence-corrected chi connectivity index (χ0v) is 16.8. The number of hydrogen-bond acceptors (Lipinski definition) is 6. The number of nitrogens with two attached hydrogens (primary N) is 1. The SMILES string of the molecule is NCC(=O)NC(CS)C(=O)N1CCCC1C(=O)NC(Cc1ccccc1)C(=O)O. The van der Waals surface area contributed by atoms with E-state index in [9.17, 15) is 24.3 Å². The third-order valence-electron chi connectivity index (χ3n) is 4.74. The fraction of sp³-hybridized carbons (Fsp3) is 0.474. The van der Waals surface area contributed by atoms with Gasteiger partial charge in [-0.1, -0.05) is 30.3 Å². The van der Waals surface area contributed by atoms with Gasteiger partial charge < -0.3 is 26.4 Å². The van der Waals surface area contributed by atoms with Crippen LogP contribution in [0.4, 0.5) is 0 Å². The molecule has 1 fully saturated rings. The Morgan fingerprint density at radius 2 is 1.86 bits per heavy atom. The maximum Gasteiger partial charge on any atom is 0.326 e. The average molecular weight is 423 g/mol. The third kappa shape index (κ3) is 6.20. The normalized spacial score (nSPS) is 18.0. The van der Waals surface area contributed by atoms with Crippen molar-refractivity contribution in [3.05, 3.63) is 35.9 Å². The van der Waals surface area contributed by atoms with Gasteiger partial charge in [-0.2, -0.15) is 12.6 Å². The van der Waals surface area contributed by atoms with Crippen LogP contribution in [0, 0.1) is 0 Å². The Balaban J connectivity index is 2.06. The number of nitrogens with one attached hydrogen (secondary N) is 2. The molecule has 10 heteroatoms. The zero-order chi connectivity index (χ0) is 21.4. The number of carboxylic acid groups (broad SMARTS) is 1. The smallest absolute Gasteiger partial charge is 0.326 e. The molecule has 5 N–H and O–H groups in total. The summed E-state index contributed by atoms with van der Waals surface area (Å²) in [5.41, 5.74) is 6.05. The molecule has 0 bridgehead atoms. The van der Waals surface area contributed by atoms with Crippen molar-refractivity contribution in [1.82, 2.24) is 15.5 Å². The van der Waals surface area contributed by atoms with Gasteiger partial charge in [-0.05, 0) is 18.4 Å². The second kappa shape index (κ2) is 10.8. The number of benzene rings is 1. The summed E-state index contributed by atoms with van der Waals surface area (Å²) in [5, 5.41) is 14.5. The summed E-state index contributed by atoms with van der Waals surface area (Å²) in [5.74, 6) is -2.55. The summed E-state index contributed by atoms with van der Waals surface area (Å²) in [7, 11) is 0. The minimum Gasteiger partial charge on any atom is -0.480 e. The maximum absolute atomic E-state index is 12.8. The summed E-state index contributed by atoms with van der Waals surface area (Å²) in [6.45, 7) is 0.0807. The Kier molecular flexibility index (Phi) is 8.47. The monoisotopic (exact) mass is 422 g/mol. The molecular formula is C19H26N4O5S. The highest BCUT2D eigenvalue weighted by molar-refractivity contribution is 7.80. The average Bonchev–Trinajstić information content (AvgIpc) is 3.21. The summed E-state index contributed by atoms with van der Waals surface area (Å²) >= 11 is 4.10. The maximum atomic E-state index is 12.8. The van der Waals surface area contributed by atoms with Crippen LogP contribution in [-0.2, 0) is 25.6 Å². The van der Waals surface area contributed by atoms with Gasteiger partial charge >= 0.3 is 5.97 Å². The van der Waals surface area contributed by atoms with E-state index in [0.29, 0.717) is 19.4 Å². The van der Waals surface area contributed by atoms with E-state index in [1.165, 1.54) is 4.90 Å². The first-order valence-electron chi connectivity index (χ1n) is 9.35. The Morgan fingerprint density at radius 1 is 1.17 bits per heavy atom. The molecule has 0 aromatic heterocycles. The van der Waals surface area contributed by atoms with Crippen LogP contribution in [0.15, 0.2) is 30.3 Å². The first kappa shape index (κ1) is 22.7. The molecule has 0 radical (unpaired) electrons. The quantitative estimate of drug-likeness (QED) is 0.329. The van der Waals surface area contributed by atoms with E-state index in [1.54, 1.807) is 24.3 Å². The fourth-order valence-corrected chi connectivity index (χ4v) is 3.51. The van der Waals surface area contributed by atoms with Crippen molar-refractivity contribution in [2.45, 2.75) is 37.4 Å². The van der Waals surface area contributed by atoms with Crippen LogP contribution >= 0.6 is 12.6 Å². The highest BCUT2D eigenvalue weighted by Gasteiger charge is 2.38.